The molecule has 0 radical (unpaired) electrons. The molecule has 2 aromatic rings. The quantitative estimate of drug-likeness (QED) is 0.788. The Balaban J connectivity index is 2.13. The number of fused-ring (bicyclic) bond motifs is 1. The maximum atomic E-state index is 4.24. The Hall–Kier alpha value is -1.77. The first-order chi connectivity index (χ1) is 7.84. The molecule has 1 N–H and O–H groups in total. The molecule has 0 saturated heterocycles. The van der Waals surface area contributed by atoms with E-state index in [1.807, 2.05) is 17.9 Å². The van der Waals surface area contributed by atoms with E-state index >= 15 is 0 Å². The van der Waals surface area contributed by atoms with Crippen molar-refractivity contribution in [3.63, 3.8) is 0 Å². The molecule has 0 saturated carbocycles. The van der Waals surface area contributed by atoms with E-state index in [-0.39, 0.29) is 0 Å². The number of aryl methyl sites for hydroxylation is 1. The number of rotatable bonds is 1. The lowest BCUT2D eigenvalue weighted by Crippen LogP contribution is -2.12. The van der Waals surface area contributed by atoms with Crippen molar-refractivity contribution in [1.82, 2.24) is 9.78 Å². The summed E-state index contributed by atoms with van der Waals surface area (Å²) in [7, 11) is 1.96. The van der Waals surface area contributed by atoms with E-state index in [0.717, 1.165) is 13.0 Å². The van der Waals surface area contributed by atoms with Gasteiger partial charge in [-0.2, -0.15) is 5.10 Å². The standard InChI is InChI=1S/C13H15N3/c1-16-9-10(8-15-16)11-4-2-6-13-12(11)5-3-7-14-13/h2,4,6,8-9,14H,3,5,7H2,1H3. The van der Waals surface area contributed by atoms with Crippen LogP contribution in [0.15, 0.2) is 30.6 Å². The van der Waals surface area contributed by atoms with Crippen molar-refractivity contribution >= 4 is 5.69 Å². The van der Waals surface area contributed by atoms with E-state index < -0.39 is 0 Å². The van der Waals surface area contributed by atoms with Gasteiger partial charge in [-0.3, -0.25) is 4.68 Å². The zero-order valence-corrected chi connectivity index (χ0v) is 9.40. The fourth-order valence-corrected chi connectivity index (χ4v) is 2.34. The SMILES string of the molecule is Cn1cc(-c2cccc3c2CCCN3)cn1. The van der Waals surface area contributed by atoms with E-state index in [4.69, 9.17) is 0 Å². The summed E-state index contributed by atoms with van der Waals surface area (Å²) < 4.78 is 1.85. The van der Waals surface area contributed by atoms with Crippen LogP contribution in [0, 0.1) is 0 Å². The number of aromatic nitrogens is 2. The second kappa shape index (κ2) is 3.67. The molecule has 0 amide bonds. The number of anilines is 1. The number of hydrogen-bond donors (Lipinski definition) is 1. The first kappa shape index (κ1) is 9.46. The van der Waals surface area contributed by atoms with Gasteiger partial charge in [-0.05, 0) is 30.0 Å². The van der Waals surface area contributed by atoms with Gasteiger partial charge in [0.25, 0.3) is 0 Å². The monoisotopic (exact) mass is 213 g/mol. The van der Waals surface area contributed by atoms with E-state index in [2.05, 4.69) is 34.8 Å². The van der Waals surface area contributed by atoms with Crippen LogP contribution in [0.2, 0.25) is 0 Å². The Morgan fingerprint density at radius 1 is 1.38 bits per heavy atom. The molecule has 3 heteroatoms. The van der Waals surface area contributed by atoms with Crippen molar-refractivity contribution in [3.8, 4) is 11.1 Å². The van der Waals surface area contributed by atoms with E-state index in [1.165, 1.54) is 28.8 Å². The Kier molecular flexibility index (Phi) is 2.17. The molecular weight excluding hydrogens is 198 g/mol. The minimum atomic E-state index is 1.09. The zero-order valence-electron chi connectivity index (χ0n) is 9.40. The van der Waals surface area contributed by atoms with Gasteiger partial charge < -0.3 is 5.32 Å². The highest BCUT2D eigenvalue weighted by molar-refractivity contribution is 5.73. The molecule has 2 heterocycles. The normalized spacial score (nSPS) is 14.3. The summed E-state index contributed by atoms with van der Waals surface area (Å²) >= 11 is 0. The highest BCUT2D eigenvalue weighted by atomic mass is 15.2. The molecule has 1 aromatic heterocycles. The van der Waals surface area contributed by atoms with Gasteiger partial charge in [-0.25, -0.2) is 0 Å². The summed E-state index contributed by atoms with van der Waals surface area (Å²) in [4.78, 5) is 0. The molecule has 1 aliphatic heterocycles. The first-order valence-corrected chi connectivity index (χ1v) is 5.69. The third-order valence-corrected chi connectivity index (χ3v) is 3.11. The maximum absolute atomic E-state index is 4.24. The average Bonchev–Trinajstić information content (AvgIpc) is 2.75. The van der Waals surface area contributed by atoms with E-state index in [0.29, 0.717) is 0 Å². The lowest BCUT2D eigenvalue weighted by atomic mass is 9.95. The van der Waals surface area contributed by atoms with Crippen LogP contribution in [-0.2, 0) is 13.5 Å². The first-order valence-electron chi connectivity index (χ1n) is 5.69. The summed E-state index contributed by atoms with van der Waals surface area (Å²) in [5, 5.41) is 7.69. The Bertz CT molecular complexity index is 514. The predicted molar refractivity (Wildman–Crippen MR) is 65.5 cm³/mol. The Morgan fingerprint density at radius 2 is 2.31 bits per heavy atom. The predicted octanol–water partition coefficient (Wildman–Crippen LogP) is 2.45. The van der Waals surface area contributed by atoms with Crippen LogP contribution in [0.3, 0.4) is 0 Å². The van der Waals surface area contributed by atoms with Gasteiger partial charge in [0.05, 0.1) is 6.20 Å². The van der Waals surface area contributed by atoms with Crippen molar-refractivity contribution in [2.45, 2.75) is 12.8 Å². The molecule has 0 atom stereocenters. The molecule has 0 spiro atoms. The summed E-state index contributed by atoms with van der Waals surface area (Å²) in [5.74, 6) is 0. The lowest BCUT2D eigenvalue weighted by molar-refractivity contribution is 0.768. The van der Waals surface area contributed by atoms with Gasteiger partial charge in [0, 0.05) is 31.0 Å². The second-order valence-electron chi connectivity index (χ2n) is 4.26. The molecule has 16 heavy (non-hydrogen) atoms. The van der Waals surface area contributed by atoms with Crippen LogP contribution in [0.5, 0.6) is 0 Å². The fourth-order valence-electron chi connectivity index (χ4n) is 2.34. The molecule has 0 fully saturated rings. The third-order valence-electron chi connectivity index (χ3n) is 3.11. The van der Waals surface area contributed by atoms with Gasteiger partial charge in [-0.15, -0.1) is 0 Å². The topological polar surface area (TPSA) is 29.9 Å². The van der Waals surface area contributed by atoms with Crippen LogP contribution >= 0.6 is 0 Å². The van der Waals surface area contributed by atoms with Crippen LogP contribution in [0.1, 0.15) is 12.0 Å². The van der Waals surface area contributed by atoms with Crippen molar-refractivity contribution in [1.29, 1.82) is 0 Å². The smallest absolute Gasteiger partial charge is 0.0568 e. The van der Waals surface area contributed by atoms with Gasteiger partial charge in [-0.1, -0.05) is 12.1 Å². The second-order valence-corrected chi connectivity index (χ2v) is 4.26. The fraction of sp³-hybridized carbons (Fsp3) is 0.308. The summed E-state index contributed by atoms with van der Waals surface area (Å²) in [6, 6.07) is 6.46. The number of benzene rings is 1. The van der Waals surface area contributed by atoms with Gasteiger partial charge in [0.2, 0.25) is 0 Å². The largest absolute Gasteiger partial charge is 0.385 e. The summed E-state index contributed by atoms with van der Waals surface area (Å²) in [6.45, 7) is 1.09. The number of nitrogens with one attached hydrogen (secondary N) is 1. The molecule has 1 aliphatic rings. The van der Waals surface area contributed by atoms with Crippen molar-refractivity contribution in [2.24, 2.45) is 7.05 Å². The minimum absolute atomic E-state index is 1.09. The third kappa shape index (κ3) is 1.48. The lowest BCUT2D eigenvalue weighted by Gasteiger charge is -2.20. The highest BCUT2D eigenvalue weighted by Crippen LogP contribution is 2.32. The molecule has 0 bridgehead atoms. The van der Waals surface area contributed by atoms with Crippen molar-refractivity contribution in [2.75, 3.05) is 11.9 Å². The molecule has 3 rings (SSSR count). The maximum Gasteiger partial charge on any atom is 0.0568 e. The highest BCUT2D eigenvalue weighted by Gasteiger charge is 2.13. The Morgan fingerprint density at radius 3 is 3.12 bits per heavy atom. The van der Waals surface area contributed by atoms with Crippen LogP contribution in [0.25, 0.3) is 11.1 Å². The van der Waals surface area contributed by atoms with Crippen LogP contribution in [0.4, 0.5) is 5.69 Å². The van der Waals surface area contributed by atoms with Crippen LogP contribution in [-0.4, -0.2) is 16.3 Å². The van der Waals surface area contributed by atoms with Gasteiger partial charge in [0.1, 0.15) is 0 Å². The van der Waals surface area contributed by atoms with Crippen LogP contribution < -0.4 is 5.32 Å². The van der Waals surface area contributed by atoms with E-state index in [1.54, 1.807) is 0 Å². The Labute approximate surface area is 95.1 Å². The zero-order chi connectivity index (χ0) is 11.0. The van der Waals surface area contributed by atoms with Crippen molar-refractivity contribution in [3.05, 3.63) is 36.2 Å². The minimum Gasteiger partial charge on any atom is -0.385 e. The van der Waals surface area contributed by atoms with E-state index in [9.17, 15) is 0 Å². The average molecular weight is 213 g/mol. The molecule has 82 valence electrons. The molecule has 3 nitrogen and oxygen atoms in total. The molecule has 0 aliphatic carbocycles. The van der Waals surface area contributed by atoms with Gasteiger partial charge >= 0.3 is 0 Å². The summed E-state index contributed by atoms with van der Waals surface area (Å²) in [5.41, 5.74) is 5.25. The molecular formula is C13H15N3. The number of nitrogens with zero attached hydrogens (tertiary/aromatic N) is 2. The number of hydrogen-bond acceptors (Lipinski definition) is 2. The summed E-state index contributed by atoms with van der Waals surface area (Å²) in [6.07, 6.45) is 6.38. The van der Waals surface area contributed by atoms with Crippen molar-refractivity contribution < 1.29 is 0 Å². The van der Waals surface area contributed by atoms with Gasteiger partial charge in [0.15, 0.2) is 0 Å². The molecule has 1 aromatic carbocycles. The molecule has 0 unspecified atom stereocenters.